The van der Waals surface area contributed by atoms with E-state index in [1.807, 2.05) is 0 Å². The molecule has 2 N–H and O–H groups in total. The van der Waals surface area contributed by atoms with Crippen LogP contribution in [-0.4, -0.2) is 23.2 Å². The van der Waals surface area contributed by atoms with E-state index in [2.05, 4.69) is 12.2 Å². The van der Waals surface area contributed by atoms with Crippen LogP contribution in [0.15, 0.2) is 0 Å². The summed E-state index contributed by atoms with van der Waals surface area (Å²) in [4.78, 5) is 10.9. The van der Waals surface area contributed by atoms with E-state index in [0.29, 0.717) is 12.0 Å². The van der Waals surface area contributed by atoms with Crippen molar-refractivity contribution in [1.29, 1.82) is 0 Å². The highest BCUT2D eigenvalue weighted by molar-refractivity contribution is 5.74. The van der Waals surface area contributed by atoms with E-state index in [1.54, 1.807) is 0 Å². The summed E-state index contributed by atoms with van der Waals surface area (Å²) in [6, 6.07) is 0.109. The molecular formula is C10H17NO2. The highest BCUT2D eigenvalue weighted by atomic mass is 16.4. The topological polar surface area (TPSA) is 49.3 Å². The van der Waals surface area contributed by atoms with Crippen molar-refractivity contribution in [2.75, 3.05) is 0 Å². The zero-order valence-corrected chi connectivity index (χ0v) is 7.99. The van der Waals surface area contributed by atoms with Crippen molar-refractivity contribution in [2.24, 2.45) is 11.8 Å². The minimum absolute atomic E-state index is 0.282. The summed E-state index contributed by atoms with van der Waals surface area (Å²) in [5.74, 6) is 0.467. The number of rotatable bonds is 5. The van der Waals surface area contributed by atoms with Crippen LogP contribution >= 0.6 is 0 Å². The maximum atomic E-state index is 10.9. The molecular weight excluding hydrogens is 166 g/mol. The highest BCUT2D eigenvalue weighted by Crippen LogP contribution is 2.36. The molecule has 2 fully saturated rings. The molecule has 0 saturated heterocycles. The summed E-state index contributed by atoms with van der Waals surface area (Å²) in [5, 5.41) is 12.2. The average molecular weight is 183 g/mol. The number of hydrogen-bond acceptors (Lipinski definition) is 2. The third kappa shape index (κ3) is 2.21. The molecule has 0 bridgehead atoms. The summed E-state index contributed by atoms with van der Waals surface area (Å²) < 4.78 is 0. The van der Waals surface area contributed by atoms with Crippen LogP contribution in [0.25, 0.3) is 0 Å². The van der Waals surface area contributed by atoms with E-state index in [4.69, 9.17) is 5.11 Å². The van der Waals surface area contributed by atoms with Gasteiger partial charge in [0.25, 0.3) is 0 Å². The molecule has 0 aromatic rings. The lowest BCUT2D eigenvalue weighted by Gasteiger charge is -2.19. The lowest BCUT2D eigenvalue weighted by atomic mass is 10.1. The number of carbonyl (C=O) groups is 1. The Kier molecular flexibility index (Phi) is 2.28. The average Bonchev–Trinajstić information content (AvgIpc) is 2.85. The summed E-state index contributed by atoms with van der Waals surface area (Å²) in [6.45, 7) is 2.11. The smallest absolute Gasteiger partial charge is 0.320 e. The van der Waals surface area contributed by atoms with Crippen LogP contribution in [0, 0.1) is 11.8 Å². The van der Waals surface area contributed by atoms with Gasteiger partial charge < -0.3 is 10.4 Å². The molecule has 13 heavy (non-hydrogen) atoms. The Labute approximate surface area is 78.5 Å². The number of carboxylic acid groups (broad SMARTS) is 1. The summed E-state index contributed by atoms with van der Waals surface area (Å²) >= 11 is 0. The summed E-state index contributed by atoms with van der Waals surface area (Å²) in [5.41, 5.74) is 0. The molecule has 2 unspecified atom stereocenters. The van der Waals surface area contributed by atoms with Crippen molar-refractivity contribution in [2.45, 2.75) is 44.7 Å². The molecule has 0 amide bonds. The standard InChI is InChI=1S/C10H17NO2/c1-6(7-2-3-7)11-9(10(12)13)8-4-5-8/h6-9,11H,2-5H2,1H3,(H,12,13). The maximum Gasteiger partial charge on any atom is 0.320 e. The third-order valence-corrected chi connectivity index (χ3v) is 3.13. The van der Waals surface area contributed by atoms with Crippen LogP contribution in [-0.2, 0) is 4.79 Å². The quantitative estimate of drug-likeness (QED) is 0.674. The Morgan fingerprint density at radius 2 is 1.85 bits per heavy atom. The summed E-state index contributed by atoms with van der Waals surface area (Å²) in [7, 11) is 0. The number of carboxylic acids is 1. The third-order valence-electron chi connectivity index (χ3n) is 3.13. The molecule has 3 nitrogen and oxygen atoms in total. The number of aliphatic carboxylic acids is 1. The Morgan fingerprint density at radius 1 is 1.31 bits per heavy atom. The largest absolute Gasteiger partial charge is 0.480 e. The molecule has 2 atom stereocenters. The molecule has 2 aliphatic carbocycles. The molecule has 2 saturated carbocycles. The Balaban J connectivity index is 1.84. The monoisotopic (exact) mass is 183 g/mol. The Hall–Kier alpha value is -0.570. The molecule has 2 rings (SSSR count). The van der Waals surface area contributed by atoms with Gasteiger partial charge in [-0.1, -0.05) is 0 Å². The Bertz CT molecular complexity index is 209. The first-order chi connectivity index (χ1) is 6.18. The van der Waals surface area contributed by atoms with Gasteiger partial charge in [0.05, 0.1) is 0 Å². The van der Waals surface area contributed by atoms with Gasteiger partial charge in [0.2, 0.25) is 0 Å². The Morgan fingerprint density at radius 3 is 2.23 bits per heavy atom. The minimum atomic E-state index is -0.671. The second kappa shape index (κ2) is 3.29. The molecule has 74 valence electrons. The van der Waals surface area contributed by atoms with Gasteiger partial charge in [-0.05, 0) is 44.4 Å². The van der Waals surface area contributed by atoms with Crippen LogP contribution < -0.4 is 5.32 Å². The van der Waals surface area contributed by atoms with Gasteiger partial charge in [-0.15, -0.1) is 0 Å². The molecule has 0 aliphatic heterocycles. The van der Waals surface area contributed by atoms with Gasteiger partial charge in [-0.25, -0.2) is 0 Å². The van der Waals surface area contributed by atoms with E-state index in [1.165, 1.54) is 12.8 Å². The SMILES string of the molecule is CC(NC(C(=O)O)C1CC1)C1CC1. The van der Waals surface area contributed by atoms with Gasteiger partial charge in [-0.2, -0.15) is 0 Å². The van der Waals surface area contributed by atoms with Crippen molar-refractivity contribution < 1.29 is 9.90 Å². The summed E-state index contributed by atoms with van der Waals surface area (Å²) in [6.07, 6.45) is 4.71. The zero-order chi connectivity index (χ0) is 9.42. The number of nitrogens with one attached hydrogen (secondary N) is 1. The number of hydrogen-bond donors (Lipinski definition) is 2. The fourth-order valence-corrected chi connectivity index (χ4v) is 1.85. The lowest BCUT2D eigenvalue weighted by molar-refractivity contribution is -0.140. The zero-order valence-electron chi connectivity index (χ0n) is 7.99. The van der Waals surface area contributed by atoms with E-state index in [0.717, 1.165) is 18.8 Å². The van der Waals surface area contributed by atoms with Gasteiger partial charge in [0.15, 0.2) is 0 Å². The fraction of sp³-hybridized carbons (Fsp3) is 0.900. The van der Waals surface area contributed by atoms with Crippen molar-refractivity contribution in [3.8, 4) is 0 Å². The van der Waals surface area contributed by atoms with Gasteiger partial charge in [-0.3, -0.25) is 4.79 Å². The predicted molar refractivity (Wildman–Crippen MR) is 49.5 cm³/mol. The normalized spacial score (nSPS) is 26.8. The van der Waals surface area contributed by atoms with Gasteiger partial charge in [0, 0.05) is 6.04 Å². The second-order valence-corrected chi connectivity index (χ2v) is 4.45. The van der Waals surface area contributed by atoms with Crippen LogP contribution in [0.5, 0.6) is 0 Å². The van der Waals surface area contributed by atoms with Crippen LogP contribution in [0.4, 0.5) is 0 Å². The fourth-order valence-electron chi connectivity index (χ4n) is 1.85. The minimum Gasteiger partial charge on any atom is -0.480 e. The van der Waals surface area contributed by atoms with E-state index in [9.17, 15) is 4.79 Å². The first-order valence-electron chi connectivity index (χ1n) is 5.17. The van der Waals surface area contributed by atoms with E-state index >= 15 is 0 Å². The van der Waals surface area contributed by atoms with Crippen molar-refractivity contribution in [3.63, 3.8) is 0 Å². The van der Waals surface area contributed by atoms with Crippen molar-refractivity contribution in [3.05, 3.63) is 0 Å². The van der Waals surface area contributed by atoms with E-state index < -0.39 is 5.97 Å². The molecule has 0 radical (unpaired) electrons. The first kappa shape index (κ1) is 9.00. The molecule has 2 aliphatic rings. The van der Waals surface area contributed by atoms with Gasteiger partial charge >= 0.3 is 5.97 Å². The molecule has 0 spiro atoms. The van der Waals surface area contributed by atoms with Crippen LogP contribution in [0.1, 0.15) is 32.6 Å². The van der Waals surface area contributed by atoms with Crippen molar-refractivity contribution in [1.82, 2.24) is 5.32 Å². The van der Waals surface area contributed by atoms with E-state index in [-0.39, 0.29) is 6.04 Å². The highest BCUT2D eigenvalue weighted by Gasteiger charge is 2.39. The maximum absolute atomic E-state index is 10.9. The van der Waals surface area contributed by atoms with Crippen molar-refractivity contribution >= 4 is 5.97 Å². The molecule has 0 aromatic carbocycles. The molecule has 0 heterocycles. The molecule has 3 heteroatoms. The predicted octanol–water partition coefficient (Wildman–Crippen LogP) is 1.24. The lowest BCUT2D eigenvalue weighted by Crippen LogP contribution is -2.44. The van der Waals surface area contributed by atoms with Gasteiger partial charge in [0.1, 0.15) is 6.04 Å². The first-order valence-corrected chi connectivity index (χ1v) is 5.17. The van der Waals surface area contributed by atoms with Crippen LogP contribution in [0.3, 0.4) is 0 Å². The molecule has 0 aromatic heterocycles. The van der Waals surface area contributed by atoms with Crippen LogP contribution in [0.2, 0.25) is 0 Å². The second-order valence-electron chi connectivity index (χ2n) is 4.45.